The zero-order chi connectivity index (χ0) is 34.5. The molecule has 2 aromatic carbocycles. The van der Waals surface area contributed by atoms with Gasteiger partial charge in [0.05, 0.1) is 41.7 Å². The average Bonchev–Trinajstić information content (AvgIpc) is 3.57. The number of benzene rings is 2. The summed E-state index contributed by atoms with van der Waals surface area (Å²) in [6.45, 7) is 17.1. The van der Waals surface area contributed by atoms with E-state index in [0.29, 0.717) is 64.9 Å². The molecular formula is C35H37F2N7O4. The van der Waals surface area contributed by atoms with Crippen molar-refractivity contribution < 1.29 is 28.2 Å². The molecule has 2 aliphatic rings. The standard InChI is InChI=1S/C35H37F2N7O4/c1-34(2,3)48-33(46)41-21-9-11-43(12-10-21)31-29-23(17-39-32(29)45)28(30(42-31)19-7-8-26(38-6)25(37)14-19)22-13-20-16-40-44(18-35(4,5)47)27(20)15-24(22)36/h7-8,13-16,21,47H,9-12,17-18H2,1-5H3,(H,39,45)(H,41,46). The first-order valence-corrected chi connectivity index (χ1v) is 15.8. The van der Waals surface area contributed by atoms with Crippen LogP contribution in [0.4, 0.5) is 25.1 Å². The van der Waals surface area contributed by atoms with Gasteiger partial charge in [0.15, 0.2) is 0 Å². The molecule has 0 spiro atoms. The van der Waals surface area contributed by atoms with Crippen LogP contribution in [0.2, 0.25) is 0 Å². The van der Waals surface area contributed by atoms with Crippen molar-refractivity contribution in [3.63, 3.8) is 0 Å². The highest BCUT2D eigenvalue weighted by Gasteiger charge is 2.35. The number of hydrogen-bond donors (Lipinski definition) is 3. The fourth-order valence-corrected chi connectivity index (χ4v) is 6.26. The number of hydrogen-bond acceptors (Lipinski definition) is 7. The minimum absolute atomic E-state index is 0.0980. The molecular weight excluding hydrogens is 620 g/mol. The largest absolute Gasteiger partial charge is 0.444 e. The molecule has 0 radical (unpaired) electrons. The molecule has 3 N–H and O–H groups in total. The molecule has 0 unspecified atom stereocenters. The van der Waals surface area contributed by atoms with Gasteiger partial charge >= 0.3 is 6.09 Å². The second kappa shape index (κ2) is 12.2. The highest BCUT2D eigenvalue weighted by molar-refractivity contribution is 6.07. The Hall–Kier alpha value is -5.09. The molecule has 2 amide bonds. The van der Waals surface area contributed by atoms with Crippen LogP contribution in [0, 0.1) is 18.2 Å². The Labute approximate surface area is 276 Å². The number of ether oxygens (including phenoxy) is 1. The summed E-state index contributed by atoms with van der Waals surface area (Å²) in [7, 11) is 0. The van der Waals surface area contributed by atoms with E-state index in [-0.39, 0.29) is 42.0 Å². The number of alkyl carbamates (subject to hydrolysis) is 1. The van der Waals surface area contributed by atoms with Gasteiger partial charge in [0, 0.05) is 53.8 Å². The number of piperidine rings is 1. The van der Waals surface area contributed by atoms with Gasteiger partial charge in [-0.15, -0.1) is 0 Å². The molecule has 6 rings (SSSR count). The third kappa shape index (κ3) is 6.53. The van der Waals surface area contributed by atoms with Crippen LogP contribution in [-0.4, -0.2) is 62.2 Å². The number of nitrogens with zero attached hydrogens (tertiary/aromatic N) is 5. The molecule has 11 nitrogen and oxygen atoms in total. The number of fused-ring (bicyclic) bond motifs is 2. The van der Waals surface area contributed by atoms with E-state index in [1.54, 1.807) is 52.9 Å². The highest BCUT2D eigenvalue weighted by Crippen LogP contribution is 2.43. The van der Waals surface area contributed by atoms with Crippen LogP contribution in [0.25, 0.3) is 38.1 Å². The van der Waals surface area contributed by atoms with Crippen molar-refractivity contribution >= 4 is 34.4 Å². The molecule has 4 aromatic rings. The van der Waals surface area contributed by atoms with Gasteiger partial charge in [0.25, 0.3) is 5.91 Å². The van der Waals surface area contributed by atoms with E-state index < -0.39 is 28.9 Å². The lowest BCUT2D eigenvalue weighted by Gasteiger charge is -2.34. The molecule has 1 fully saturated rings. The Bertz CT molecular complexity index is 1980. The van der Waals surface area contributed by atoms with E-state index in [0.717, 1.165) is 0 Å². The maximum absolute atomic E-state index is 16.3. The molecule has 0 bridgehead atoms. The Kier molecular flexibility index (Phi) is 8.33. The predicted octanol–water partition coefficient (Wildman–Crippen LogP) is 6.10. The van der Waals surface area contributed by atoms with Crippen molar-refractivity contribution in [2.75, 3.05) is 18.0 Å². The van der Waals surface area contributed by atoms with Gasteiger partial charge in [0.1, 0.15) is 23.1 Å². The fraction of sp³-hybridized carbons (Fsp3) is 0.400. The van der Waals surface area contributed by atoms with Gasteiger partial charge in [-0.3, -0.25) is 9.48 Å². The number of carbonyl (C=O) groups excluding carboxylic acids is 2. The van der Waals surface area contributed by atoms with Crippen LogP contribution in [0.3, 0.4) is 0 Å². The number of nitrogens with one attached hydrogen (secondary N) is 2. The summed E-state index contributed by atoms with van der Waals surface area (Å²) in [5.41, 5.74) is 0.484. The van der Waals surface area contributed by atoms with E-state index in [1.165, 1.54) is 22.9 Å². The summed E-state index contributed by atoms with van der Waals surface area (Å²) in [6, 6.07) is 6.94. The van der Waals surface area contributed by atoms with Crippen molar-refractivity contribution in [3.8, 4) is 22.4 Å². The van der Waals surface area contributed by atoms with Crippen molar-refractivity contribution in [2.24, 2.45) is 0 Å². The van der Waals surface area contributed by atoms with Gasteiger partial charge in [-0.1, -0.05) is 12.1 Å². The lowest BCUT2D eigenvalue weighted by atomic mass is 9.91. The lowest BCUT2D eigenvalue weighted by molar-refractivity contribution is 0.0496. The molecule has 0 aliphatic carbocycles. The van der Waals surface area contributed by atoms with Crippen LogP contribution >= 0.6 is 0 Å². The topological polar surface area (TPSA) is 126 Å². The number of amides is 2. The summed E-state index contributed by atoms with van der Waals surface area (Å²) in [6.07, 6.45) is 2.20. The van der Waals surface area contributed by atoms with Gasteiger partial charge in [-0.05, 0) is 65.2 Å². The minimum atomic E-state index is -1.09. The Balaban J connectivity index is 1.46. The Morgan fingerprint density at radius 1 is 1.12 bits per heavy atom. The first kappa shape index (κ1) is 32.8. The van der Waals surface area contributed by atoms with E-state index in [1.807, 2.05) is 4.90 Å². The Morgan fingerprint density at radius 2 is 1.85 bits per heavy atom. The predicted molar refractivity (Wildman–Crippen MR) is 177 cm³/mol. The number of aromatic nitrogens is 3. The van der Waals surface area contributed by atoms with Crippen LogP contribution in [0.5, 0.6) is 0 Å². The maximum atomic E-state index is 16.3. The normalized spacial score (nSPS) is 15.3. The molecule has 1 saturated heterocycles. The number of carbonyl (C=O) groups is 2. The molecule has 0 saturated carbocycles. The van der Waals surface area contributed by atoms with Gasteiger partial charge < -0.3 is 25.4 Å². The van der Waals surface area contributed by atoms with Crippen LogP contribution < -0.4 is 15.5 Å². The maximum Gasteiger partial charge on any atom is 0.407 e. The average molecular weight is 658 g/mol. The van der Waals surface area contributed by atoms with Crippen molar-refractivity contribution in [2.45, 2.75) is 77.8 Å². The van der Waals surface area contributed by atoms with Crippen molar-refractivity contribution in [1.29, 1.82) is 0 Å². The third-order valence-corrected chi connectivity index (χ3v) is 8.33. The van der Waals surface area contributed by atoms with E-state index in [9.17, 15) is 14.7 Å². The quantitative estimate of drug-likeness (QED) is 0.214. The van der Waals surface area contributed by atoms with Gasteiger partial charge in [0.2, 0.25) is 5.69 Å². The third-order valence-electron chi connectivity index (χ3n) is 8.33. The summed E-state index contributed by atoms with van der Waals surface area (Å²) < 4.78 is 38.3. The zero-order valence-corrected chi connectivity index (χ0v) is 27.4. The van der Waals surface area contributed by atoms with Crippen LogP contribution in [-0.2, 0) is 17.8 Å². The first-order valence-electron chi connectivity index (χ1n) is 15.8. The number of halogens is 2. The van der Waals surface area contributed by atoms with E-state index >= 15 is 8.78 Å². The van der Waals surface area contributed by atoms with E-state index in [2.05, 4.69) is 20.6 Å². The molecule has 250 valence electrons. The first-order chi connectivity index (χ1) is 22.6. The van der Waals surface area contributed by atoms with Crippen molar-refractivity contribution in [3.05, 3.63) is 70.7 Å². The number of rotatable bonds is 6. The summed E-state index contributed by atoms with van der Waals surface area (Å²) in [5, 5.41) is 21.1. The molecule has 13 heteroatoms. The second-order valence-electron chi connectivity index (χ2n) is 13.9. The monoisotopic (exact) mass is 657 g/mol. The van der Waals surface area contributed by atoms with Crippen molar-refractivity contribution in [1.82, 2.24) is 25.4 Å². The fourth-order valence-electron chi connectivity index (χ4n) is 6.26. The smallest absolute Gasteiger partial charge is 0.407 e. The molecule has 0 atom stereocenters. The number of aliphatic hydroxyl groups is 1. The summed E-state index contributed by atoms with van der Waals surface area (Å²) >= 11 is 0. The minimum Gasteiger partial charge on any atom is -0.444 e. The number of pyridine rings is 1. The van der Waals surface area contributed by atoms with Gasteiger partial charge in [-0.25, -0.2) is 23.4 Å². The summed E-state index contributed by atoms with van der Waals surface area (Å²) in [4.78, 5) is 35.9. The van der Waals surface area contributed by atoms with E-state index in [4.69, 9.17) is 16.3 Å². The lowest BCUT2D eigenvalue weighted by Crippen LogP contribution is -2.46. The summed E-state index contributed by atoms with van der Waals surface area (Å²) in [5.74, 6) is -1.33. The van der Waals surface area contributed by atoms with Crippen LogP contribution in [0.15, 0.2) is 36.5 Å². The second-order valence-corrected chi connectivity index (χ2v) is 13.9. The Morgan fingerprint density at radius 3 is 2.50 bits per heavy atom. The molecule has 2 aliphatic heterocycles. The SMILES string of the molecule is [C-]#[N+]c1ccc(-c2nc(N3CCC(NC(=O)OC(C)(C)C)CC3)c3c(c2-c2cc4cnn(CC(C)(C)O)c4cc2F)CNC3=O)cc1F. The van der Waals surface area contributed by atoms with Crippen LogP contribution in [0.1, 0.15) is 63.4 Å². The highest BCUT2D eigenvalue weighted by atomic mass is 19.1. The molecule has 2 aromatic heterocycles. The molecule has 4 heterocycles. The number of anilines is 1. The zero-order valence-electron chi connectivity index (χ0n) is 27.4. The van der Waals surface area contributed by atoms with Gasteiger partial charge in [-0.2, -0.15) is 5.10 Å². The molecule has 48 heavy (non-hydrogen) atoms.